The van der Waals surface area contributed by atoms with Crippen molar-refractivity contribution in [2.24, 2.45) is 0 Å². The van der Waals surface area contributed by atoms with Gasteiger partial charge in [-0.2, -0.15) is 0 Å². The van der Waals surface area contributed by atoms with Crippen molar-refractivity contribution in [1.82, 2.24) is 14.9 Å². The third-order valence-electron chi connectivity index (χ3n) is 2.84. The number of hydrogen-bond donors (Lipinski definition) is 1. The molecule has 3 nitrogen and oxygen atoms in total. The fourth-order valence-electron chi connectivity index (χ4n) is 1.80. The van der Waals surface area contributed by atoms with Gasteiger partial charge in [-0.25, -0.2) is 4.98 Å². The molecule has 0 amide bonds. The summed E-state index contributed by atoms with van der Waals surface area (Å²) in [6.45, 7) is 7.10. The van der Waals surface area contributed by atoms with Gasteiger partial charge in [-0.05, 0) is 45.2 Å². The Morgan fingerprint density at radius 3 is 2.65 bits per heavy atom. The largest absolute Gasteiger partial charge is 0.337 e. The minimum Gasteiger partial charge on any atom is -0.337 e. The van der Waals surface area contributed by atoms with Gasteiger partial charge in [-0.1, -0.05) is 12.5 Å². The van der Waals surface area contributed by atoms with Crippen molar-refractivity contribution in [3.8, 4) is 0 Å². The predicted molar refractivity (Wildman–Crippen MR) is 73.0 cm³/mol. The standard InChI is InChI=1S/C14H25N3/c1-2-3-4-5-6-9-15-10-7-8-12-17-13-11-16-14-17/h2,11,13-15H,1,3-10,12H2. The minimum atomic E-state index is 1.08. The van der Waals surface area contributed by atoms with Crippen LogP contribution in [0.15, 0.2) is 31.4 Å². The number of imidazole rings is 1. The number of allylic oxidation sites excluding steroid dienone is 1. The SMILES string of the molecule is C=CCCCCCNCCCCn1ccnc1. The number of nitrogens with one attached hydrogen (secondary N) is 1. The van der Waals surface area contributed by atoms with Gasteiger partial charge in [-0.3, -0.25) is 0 Å². The second kappa shape index (κ2) is 10.1. The fourth-order valence-corrected chi connectivity index (χ4v) is 1.80. The lowest BCUT2D eigenvalue weighted by molar-refractivity contribution is 0.550. The minimum absolute atomic E-state index is 1.08. The summed E-state index contributed by atoms with van der Waals surface area (Å²) < 4.78 is 2.13. The van der Waals surface area contributed by atoms with Gasteiger partial charge in [0.05, 0.1) is 6.33 Å². The van der Waals surface area contributed by atoms with E-state index >= 15 is 0 Å². The molecule has 0 aliphatic carbocycles. The molecule has 0 aromatic carbocycles. The number of unbranched alkanes of at least 4 members (excludes halogenated alkanes) is 4. The Morgan fingerprint density at radius 2 is 1.94 bits per heavy atom. The number of rotatable bonds is 11. The lowest BCUT2D eigenvalue weighted by atomic mass is 10.2. The van der Waals surface area contributed by atoms with Gasteiger partial charge in [0.15, 0.2) is 0 Å². The van der Waals surface area contributed by atoms with Crippen molar-refractivity contribution in [2.45, 2.75) is 45.1 Å². The Hall–Kier alpha value is -1.09. The summed E-state index contributed by atoms with van der Waals surface area (Å²) in [4.78, 5) is 4.03. The van der Waals surface area contributed by atoms with Gasteiger partial charge in [0.1, 0.15) is 0 Å². The molecule has 0 bridgehead atoms. The van der Waals surface area contributed by atoms with E-state index < -0.39 is 0 Å². The summed E-state index contributed by atoms with van der Waals surface area (Å²) in [7, 11) is 0. The second-order valence-electron chi connectivity index (χ2n) is 4.40. The van der Waals surface area contributed by atoms with Gasteiger partial charge in [0, 0.05) is 18.9 Å². The first-order valence-electron chi connectivity index (χ1n) is 6.71. The quantitative estimate of drug-likeness (QED) is 0.472. The van der Waals surface area contributed by atoms with Crippen molar-refractivity contribution in [3.05, 3.63) is 31.4 Å². The van der Waals surface area contributed by atoms with Crippen molar-refractivity contribution in [1.29, 1.82) is 0 Å². The molecule has 0 fully saturated rings. The Kier molecular flexibility index (Phi) is 8.29. The van der Waals surface area contributed by atoms with E-state index in [2.05, 4.69) is 21.4 Å². The first-order chi connectivity index (χ1) is 8.43. The smallest absolute Gasteiger partial charge is 0.0945 e. The lowest BCUT2D eigenvalue weighted by Crippen LogP contribution is -2.17. The highest BCUT2D eigenvalue weighted by Gasteiger charge is 1.92. The molecular formula is C14H25N3. The summed E-state index contributed by atoms with van der Waals surface area (Å²) in [6.07, 6.45) is 15.2. The maximum atomic E-state index is 4.03. The first-order valence-corrected chi connectivity index (χ1v) is 6.71. The van der Waals surface area contributed by atoms with Crippen LogP contribution in [0.4, 0.5) is 0 Å². The van der Waals surface area contributed by atoms with E-state index in [0.717, 1.165) is 26.1 Å². The highest BCUT2D eigenvalue weighted by Crippen LogP contribution is 1.99. The molecule has 0 spiro atoms. The summed E-state index contributed by atoms with van der Waals surface area (Å²) in [6, 6.07) is 0. The molecule has 0 saturated carbocycles. The van der Waals surface area contributed by atoms with E-state index in [0.29, 0.717) is 0 Å². The number of aromatic nitrogens is 2. The summed E-state index contributed by atoms with van der Waals surface area (Å²) >= 11 is 0. The van der Waals surface area contributed by atoms with E-state index in [9.17, 15) is 0 Å². The van der Waals surface area contributed by atoms with Crippen LogP contribution < -0.4 is 5.32 Å². The van der Waals surface area contributed by atoms with E-state index in [1.54, 1.807) is 0 Å². The van der Waals surface area contributed by atoms with Gasteiger partial charge >= 0.3 is 0 Å². The van der Waals surface area contributed by atoms with E-state index in [1.165, 1.54) is 32.1 Å². The van der Waals surface area contributed by atoms with Crippen molar-refractivity contribution in [3.63, 3.8) is 0 Å². The molecule has 0 aliphatic rings. The van der Waals surface area contributed by atoms with Crippen LogP contribution in [0.5, 0.6) is 0 Å². The Bertz CT molecular complexity index is 267. The fraction of sp³-hybridized carbons (Fsp3) is 0.643. The molecule has 96 valence electrons. The lowest BCUT2D eigenvalue weighted by Gasteiger charge is -2.05. The molecule has 0 unspecified atom stereocenters. The Labute approximate surface area is 105 Å². The number of aryl methyl sites for hydroxylation is 1. The van der Waals surface area contributed by atoms with Gasteiger partial charge in [0.2, 0.25) is 0 Å². The molecule has 0 saturated heterocycles. The zero-order valence-corrected chi connectivity index (χ0v) is 10.8. The third-order valence-corrected chi connectivity index (χ3v) is 2.84. The normalized spacial score (nSPS) is 10.6. The molecule has 0 radical (unpaired) electrons. The topological polar surface area (TPSA) is 29.9 Å². The molecule has 1 N–H and O–H groups in total. The van der Waals surface area contributed by atoms with Crippen LogP contribution in [0.1, 0.15) is 38.5 Å². The number of nitrogens with zero attached hydrogens (tertiary/aromatic N) is 2. The van der Waals surface area contributed by atoms with Crippen molar-refractivity contribution >= 4 is 0 Å². The Morgan fingerprint density at radius 1 is 1.12 bits per heavy atom. The van der Waals surface area contributed by atoms with Crippen LogP contribution in [0.2, 0.25) is 0 Å². The van der Waals surface area contributed by atoms with Crippen LogP contribution in [0, 0.1) is 0 Å². The second-order valence-corrected chi connectivity index (χ2v) is 4.40. The van der Waals surface area contributed by atoms with Crippen LogP contribution in [0.3, 0.4) is 0 Å². The zero-order chi connectivity index (χ0) is 12.2. The van der Waals surface area contributed by atoms with Gasteiger partial charge in [0.25, 0.3) is 0 Å². The average Bonchev–Trinajstić information content (AvgIpc) is 2.85. The van der Waals surface area contributed by atoms with Gasteiger partial charge in [-0.15, -0.1) is 6.58 Å². The predicted octanol–water partition coefficient (Wildman–Crippen LogP) is 3.00. The summed E-state index contributed by atoms with van der Waals surface area (Å²) in [5.74, 6) is 0. The molecule has 1 heterocycles. The van der Waals surface area contributed by atoms with E-state index in [4.69, 9.17) is 0 Å². The van der Waals surface area contributed by atoms with Crippen LogP contribution >= 0.6 is 0 Å². The highest BCUT2D eigenvalue weighted by molar-refractivity contribution is 4.73. The molecule has 17 heavy (non-hydrogen) atoms. The van der Waals surface area contributed by atoms with Crippen molar-refractivity contribution < 1.29 is 0 Å². The molecule has 0 aliphatic heterocycles. The first kappa shape index (κ1) is 14.0. The van der Waals surface area contributed by atoms with E-state index in [-0.39, 0.29) is 0 Å². The molecule has 1 aromatic heterocycles. The average molecular weight is 235 g/mol. The molecule has 1 aromatic rings. The van der Waals surface area contributed by atoms with Crippen LogP contribution in [-0.4, -0.2) is 22.6 Å². The van der Waals surface area contributed by atoms with Crippen LogP contribution in [-0.2, 0) is 6.54 Å². The monoisotopic (exact) mass is 235 g/mol. The summed E-state index contributed by atoms with van der Waals surface area (Å²) in [5, 5.41) is 3.49. The molecule has 3 heteroatoms. The third kappa shape index (κ3) is 7.75. The van der Waals surface area contributed by atoms with E-state index in [1.807, 2.05) is 24.8 Å². The highest BCUT2D eigenvalue weighted by atomic mass is 15.0. The molecule has 1 rings (SSSR count). The maximum Gasteiger partial charge on any atom is 0.0945 e. The van der Waals surface area contributed by atoms with Crippen molar-refractivity contribution in [2.75, 3.05) is 13.1 Å². The van der Waals surface area contributed by atoms with Gasteiger partial charge < -0.3 is 9.88 Å². The molecule has 0 atom stereocenters. The van der Waals surface area contributed by atoms with Crippen LogP contribution in [0.25, 0.3) is 0 Å². The summed E-state index contributed by atoms with van der Waals surface area (Å²) in [5.41, 5.74) is 0. The number of hydrogen-bond acceptors (Lipinski definition) is 2. The zero-order valence-electron chi connectivity index (χ0n) is 10.8. The molecular weight excluding hydrogens is 210 g/mol. The maximum absolute atomic E-state index is 4.03. The Balaban J connectivity index is 1.77.